The first-order chi connectivity index (χ1) is 10.2. The molecule has 2 fully saturated rings. The van der Waals surface area contributed by atoms with E-state index in [2.05, 4.69) is 47.1 Å². The van der Waals surface area contributed by atoms with Crippen molar-refractivity contribution < 1.29 is 5.11 Å². The van der Waals surface area contributed by atoms with Crippen LogP contribution in [-0.4, -0.2) is 52.7 Å². The van der Waals surface area contributed by atoms with E-state index in [0.29, 0.717) is 12.1 Å². The maximum atomic E-state index is 10.3. The summed E-state index contributed by atoms with van der Waals surface area (Å²) in [6.07, 6.45) is 4.53. The van der Waals surface area contributed by atoms with Gasteiger partial charge in [-0.1, -0.05) is 43.2 Å². The molecule has 1 N–H and O–H groups in total. The molecule has 0 spiro atoms. The molecule has 1 aliphatic carbocycles. The largest absolute Gasteiger partial charge is 0.391 e. The average Bonchev–Trinajstić information content (AvgIpc) is 2.51. The molecule has 0 bridgehead atoms. The number of benzene rings is 1. The van der Waals surface area contributed by atoms with Gasteiger partial charge in [-0.25, -0.2) is 0 Å². The van der Waals surface area contributed by atoms with Crippen LogP contribution in [0.2, 0.25) is 0 Å². The van der Waals surface area contributed by atoms with Gasteiger partial charge in [0.25, 0.3) is 0 Å². The Balaban J connectivity index is 1.56. The molecule has 3 rings (SSSR count). The smallest absolute Gasteiger partial charge is 0.0695 e. The second kappa shape index (κ2) is 6.91. The third-order valence-electron chi connectivity index (χ3n) is 5.19. The summed E-state index contributed by atoms with van der Waals surface area (Å²) in [5, 5.41) is 10.3. The molecule has 3 heteroatoms. The lowest BCUT2D eigenvalue weighted by atomic mass is 9.90. The van der Waals surface area contributed by atoms with Gasteiger partial charge in [0.1, 0.15) is 0 Å². The van der Waals surface area contributed by atoms with Gasteiger partial charge in [-0.3, -0.25) is 9.80 Å². The van der Waals surface area contributed by atoms with Crippen LogP contribution in [0.3, 0.4) is 0 Å². The predicted octanol–water partition coefficient (Wildman–Crippen LogP) is 2.50. The lowest BCUT2D eigenvalue weighted by molar-refractivity contribution is -0.0206. The summed E-state index contributed by atoms with van der Waals surface area (Å²) in [6, 6.07) is 11.7. The number of nitrogens with zero attached hydrogens (tertiary/aromatic N) is 2. The fourth-order valence-corrected chi connectivity index (χ4v) is 3.90. The molecule has 1 saturated heterocycles. The fourth-order valence-electron chi connectivity index (χ4n) is 3.90. The Morgan fingerprint density at radius 3 is 2.57 bits per heavy atom. The zero-order chi connectivity index (χ0) is 14.7. The minimum Gasteiger partial charge on any atom is -0.391 e. The standard InChI is InChI=1S/C18H28N2O/c1-15-13-20(17-9-5-6-10-18(17)21)12-11-19(15)14-16-7-3-2-4-8-16/h2-4,7-8,15,17-18,21H,5-6,9-14H2,1H3/t15?,17-,18-/m0/s1. The molecule has 3 nitrogen and oxygen atoms in total. The van der Waals surface area contributed by atoms with Crippen LogP contribution in [0.5, 0.6) is 0 Å². The Labute approximate surface area is 128 Å². The van der Waals surface area contributed by atoms with E-state index in [4.69, 9.17) is 0 Å². The Morgan fingerprint density at radius 2 is 1.86 bits per heavy atom. The van der Waals surface area contributed by atoms with Crippen molar-refractivity contribution in [3.63, 3.8) is 0 Å². The molecular formula is C18H28N2O. The summed E-state index contributed by atoms with van der Waals surface area (Å²) in [7, 11) is 0. The SMILES string of the molecule is CC1CN([C@H]2CCCC[C@@H]2O)CCN1Cc1ccccc1. The quantitative estimate of drug-likeness (QED) is 0.926. The topological polar surface area (TPSA) is 26.7 Å². The van der Waals surface area contributed by atoms with E-state index in [1.807, 2.05) is 0 Å². The van der Waals surface area contributed by atoms with Crippen LogP contribution in [0.4, 0.5) is 0 Å². The third kappa shape index (κ3) is 3.65. The van der Waals surface area contributed by atoms with Crippen molar-refractivity contribution in [2.75, 3.05) is 19.6 Å². The highest BCUT2D eigenvalue weighted by molar-refractivity contribution is 5.14. The highest BCUT2D eigenvalue weighted by Crippen LogP contribution is 2.25. The molecule has 1 saturated carbocycles. The maximum Gasteiger partial charge on any atom is 0.0695 e. The second-order valence-electron chi connectivity index (χ2n) is 6.72. The molecule has 1 aliphatic heterocycles. The average molecular weight is 288 g/mol. The van der Waals surface area contributed by atoms with Gasteiger partial charge in [-0.2, -0.15) is 0 Å². The fraction of sp³-hybridized carbons (Fsp3) is 0.667. The van der Waals surface area contributed by atoms with Crippen LogP contribution in [0, 0.1) is 0 Å². The first-order valence-electron chi connectivity index (χ1n) is 8.44. The van der Waals surface area contributed by atoms with E-state index in [9.17, 15) is 5.11 Å². The van der Waals surface area contributed by atoms with Gasteiger partial charge in [0.2, 0.25) is 0 Å². The van der Waals surface area contributed by atoms with Crippen molar-refractivity contribution in [3.05, 3.63) is 35.9 Å². The normalized spacial score (nSPS) is 32.2. The van der Waals surface area contributed by atoms with E-state index in [-0.39, 0.29) is 6.10 Å². The Bertz CT molecular complexity index is 436. The van der Waals surface area contributed by atoms with E-state index >= 15 is 0 Å². The summed E-state index contributed by atoms with van der Waals surface area (Å²) in [4.78, 5) is 5.11. The molecule has 0 amide bonds. The lowest BCUT2D eigenvalue weighted by Crippen LogP contribution is -2.57. The molecule has 1 aromatic carbocycles. The van der Waals surface area contributed by atoms with Crippen LogP contribution in [0.15, 0.2) is 30.3 Å². The molecular weight excluding hydrogens is 260 g/mol. The highest BCUT2D eigenvalue weighted by Gasteiger charge is 2.33. The summed E-state index contributed by atoms with van der Waals surface area (Å²) < 4.78 is 0. The minimum atomic E-state index is -0.105. The molecule has 2 aliphatic rings. The van der Waals surface area contributed by atoms with Crippen molar-refractivity contribution >= 4 is 0 Å². The molecule has 116 valence electrons. The Kier molecular flexibility index (Phi) is 4.94. The van der Waals surface area contributed by atoms with Crippen LogP contribution >= 0.6 is 0 Å². The summed E-state index contributed by atoms with van der Waals surface area (Å²) >= 11 is 0. The summed E-state index contributed by atoms with van der Waals surface area (Å²) in [5.41, 5.74) is 1.40. The van der Waals surface area contributed by atoms with Gasteiger partial charge >= 0.3 is 0 Å². The van der Waals surface area contributed by atoms with Crippen molar-refractivity contribution in [3.8, 4) is 0 Å². The number of aliphatic hydroxyl groups is 1. The third-order valence-corrected chi connectivity index (χ3v) is 5.19. The van der Waals surface area contributed by atoms with Gasteiger partial charge in [0.15, 0.2) is 0 Å². The lowest BCUT2D eigenvalue weighted by Gasteiger charge is -2.45. The Morgan fingerprint density at radius 1 is 1.10 bits per heavy atom. The summed E-state index contributed by atoms with van der Waals surface area (Å²) in [6.45, 7) is 6.67. The summed E-state index contributed by atoms with van der Waals surface area (Å²) in [5.74, 6) is 0. The van der Waals surface area contributed by atoms with E-state index < -0.39 is 0 Å². The van der Waals surface area contributed by atoms with Gasteiger partial charge in [0.05, 0.1) is 6.10 Å². The van der Waals surface area contributed by atoms with Crippen molar-refractivity contribution in [2.24, 2.45) is 0 Å². The number of piperazine rings is 1. The van der Waals surface area contributed by atoms with Crippen LogP contribution in [-0.2, 0) is 6.54 Å². The van der Waals surface area contributed by atoms with Gasteiger partial charge in [0, 0.05) is 38.3 Å². The molecule has 3 atom stereocenters. The molecule has 21 heavy (non-hydrogen) atoms. The van der Waals surface area contributed by atoms with E-state index in [1.54, 1.807) is 0 Å². The second-order valence-corrected chi connectivity index (χ2v) is 6.72. The first-order valence-corrected chi connectivity index (χ1v) is 8.44. The number of rotatable bonds is 3. The number of hydrogen-bond acceptors (Lipinski definition) is 3. The van der Waals surface area contributed by atoms with Crippen molar-refractivity contribution in [2.45, 2.75) is 57.3 Å². The monoisotopic (exact) mass is 288 g/mol. The van der Waals surface area contributed by atoms with Crippen molar-refractivity contribution in [1.82, 2.24) is 9.80 Å². The van der Waals surface area contributed by atoms with Gasteiger partial charge < -0.3 is 5.11 Å². The molecule has 1 heterocycles. The molecule has 1 unspecified atom stereocenters. The zero-order valence-corrected chi connectivity index (χ0v) is 13.1. The van der Waals surface area contributed by atoms with Gasteiger partial charge in [-0.15, -0.1) is 0 Å². The molecule has 0 radical (unpaired) electrons. The van der Waals surface area contributed by atoms with Gasteiger partial charge in [-0.05, 0) is 25.3 Å². The number of hydrogen-bond donors (Lipinski definition) is 1. The highest BCUT2D eigenvalue weighted by atomic mass is 16.3. The molecule has 1 aromatic rings. The zero-order valence-electron chi connectivity index (χ0n) is 13.1. The van der Waals surface area contributed by atoms with E-state index in [1.165, 1.54) is 24.8 Å². The predicted molar refractivity (Wildman–Crippen MR) is 86.1 cm³/mol. The van der Waals surface area contributed by atoms with Crippen LogP contribution in [0.25, 0.3) is 0 Å². The first kappa shape index (κ1) is 15.0. The number of aliphatic hydroxyl groups excluding tert-OH is 1. The minimum absolute atomic E-state index is 0.105. The van der Waals surface area contributed by atoms with Crippen LogP contribution < -0.4 is 0 Å². The van der Waals surface area contributed by atoms with E-state index in [0.717, 1.165) is 32.6 Å². The molecule has 0 aromatic heterocycles. The van der Waals surface area contributed by atoms with Crippen LogP contribution in [0.1, 0.15) is 38.2 Å². The Hall–Kier alpha value is -0.900. The van der Waals surface area contributed by atoms with Crippen molar-refractivity contribution in [1.29, 1.82) is 0 Å². The maximum absolute atomic E-state index is 10.3.